The smallest absolute Gasteiger partial charge is 0.191 e. The van der Waals surface area contributed by atoms with Gasteiger partial charge < -0.3 is 15.5 Å². The van der Waals surface area contributed by atoms with Crippen LogP contribution in [-0.2, 0) is 6.42 Å². The molecule has 0 aromatic heterocycles. The molecule has 5 heteroatoms. The molecule has 0 fully saturated rings. The van der Waals surface area contributed by atoms with Crippen molar-refractivity contribution in [2.45, 2.75) is 46.1 Å². The number of rotatable bonds is 10. The molecule has 0 spiro atoms. The Balaban J connectivity index is 2.29. The van der Waals surface area contributed by atoms with Gasteiger partial charge in [0, 0.05) is 30.7 Å². The lowest BCUT2D eigenvalue weighted by Gasteiger charge is -2.20. The van der Waals surface area contributed by atoms with Gasteiger partial charge in [-0.15, -0.1) is 0 Å². The van der Waals surface area contributed by atoms with Crippen molar-refractivity contribution in [2.75, 3.05) is 33.2 Å². The van der Waals surface area contributed by atoms with Crippen LogP contribution in [0, 0.1) is 0 Å². The first kappa shape index (κ1) is 20.8. The zero-order valence-corrected chi connectivity index (χ0v) is 16.4. The first-order valence-electron chi connectivity index (χ1n) is 8.99. The van der Waals surface area contributed by atoms with E-state index in [-0.39, 0.29) is 0 Å². The van der Waals surface area contributed by atoms with Gasteiger partial charge >= 0.3 is 0 Å². The molecular weight excluding hydrogens is 320 g/mol. The number of aliphatic imine (C=N–C) groups is 1. The van der Waals surface area contributed by atoms with Gasteiger partial charge in [-0.1, -0.05) is 23.7 Å². The fourth-order valence-electron chi connectivity index (χ4n) is 2.28. The van der Waals surface area contributed by atoms with E-state index in [9.17, 15) is 0 Å². The monoisotopic (exact) mass is 352 g/mol. The molecule has 0 heterocycles. The lowest BCUT2D eigenvalue weighted by molar-refractivity contribution is 0.269. The highest BCUT2D eigenvalue weighted by Gasteiger charge is 2.02. The zero-order chi connectivity index (χ0) is 17.8. The minimum absolute atomic E-state index is 0.610. The molecule has 24 heavy (non-hydrogen) atoms. The van der Waals surface area contributed by atoms with E-state index < -0.39 is 0 Å². The van der Waals surface area contributed by atoms with Gasteiger partial charge in [-0.25, -0.2) is 0 Å². The Hall–Kier alpha value is -1.26. The molecule has 0 aliphatic rings. The summed E-state index contributed by atoms with van der Waals surface area (Å²) in [5, 5.41) is 7.48. The lowest BCUT2D eigenvalue weighted by atomic mass is 10.1. The Morgan fingerprint density at radius 2 is 2.04 bits per heavy atom. The number of halogens is 1. The number of guanidine groups is 1. The van der Waals surface area contributed by atoms with Crippen LogP contribution in [0.1, 0.15) is 39.2 Å². The van der Waals surface area contributed by atoms with Crippen molar-refractivity contribution in [2.24, 2.45) is 4.99 Å². The van der Waals surface area contributed by atoms with Gasteiger partial charge in [0.2, 0.25) is 0 Å². The van der Waals surface area contributed by atoms with Crippen LogP contribution in [0.4, 0.5) is 0 Å². The molecule has 0 bridgehead atoms. The summed E-state index contributed by atoms with van der Waals surface area (Å²) < 4.78 is 0. The summed E-state index contributed by atoms with van der Waals surface area (Å²) in [6.07, 6.45) is 3.23. The third-order valence-electron chi connectivity index (χ3n) is 4.01. The molecule has 2 N–H and O–H groups in total. The lowest BCUT2D eigenvalue weighted by Crippen LogP contribution is -2.38. The topological polar surface area (TPSA) is 39.7 Å². The van der Waals surface area contributed by atoms with E-state index >= 15 is 0 Å². The summed E-state index contributed by atoms with van der Waals surface area (Å²) in [5.74, 6) is 0.900. The van der Waals surface area contributed by atoms with Gasteiger partial charge in [0.05, 0.1) is 0 Å². The maximum atomic E-state index is 6.02. The van der Waals surface area contributed by atoms with E-state index in [1.54, 1.807) is 0 Å². The van der Waals surface area contributed by atoms with Crippen LogP contribution < -0.4 is 10.6 Å². The molecule has 0 unspecified atom stereocenters. The maximum absolute atomic E-state index is 6.02. The number of benzene rings is 1. The number of nitrogens with zero attached hydrogens (tertiary/aromatic N) is 2. The molecule has 0 radical (unpaired) electrons. The fourth-order valence-corrected chi connectivity index (χ4v) is 2.49. The molecular formula is C19H33ClN4. The normalized spacial score (nSPS) is 12.0. The third kappa shape index (κ3) is 9.14. The van der Waals surface area contributed by atoms with Crippen molar-refractivity contribution in [1.29, 1.82) is 0 Å². The number of nitrogens with one attached hydrogen (secondary N) is 2. The van der Waals surface area contributed by atoms with Gasteiger partial charge in [-0.3, -0.25) is 4.99 Å². The zero-order valence-electron chi connectivity index (χ0n) is 15.6. The number of hydrogen-bond acceptors (Lipinski definition) is 2. The van der Waals surface area contributed by atoms with Crippen molar-refractivity contribution in [3.63, 3.8) is 0 Å². The third-order valence-corrected chi connectivity index (χ3v) is 4.24. The fraction of sp³-hybridized carbons (Fsp3) is 0.632. The molecule has 0 aliphatic carbocycles. The summed E-state index contributed by atoms with van der Waals surface area (Å²) in [4.78, 5) is 7.03. The standard InChI is InChI=1S/C19H33ClN4/c1-5-21-19(22-12-6-7-14-24(4)16(2)3)23-13-11-17-9-8-10-18(20)15-17/h8-10,15-16H,5-7,11-14H2,1-4H3,(H2,21,22,23). The molecule has 4 nitrogen and oxygen atoms in total. The van der Waals surface area contributed by atoms with Crippen molar-refractivity contribution in [3.8, 4) is 0 Å². The summed E-state index contributed by atoms with van der Waals surface area (Å²) in [6, 6.07) is 8.62. The maximum Gasteiger partial charge on any atom is 0.191 e. The predicted octanol–water partition coefficient (Wildman–Crippen LogP) is 3.56. The SMILES string of the molecule is CCNC(=NCCCCN(C)C(C)C)NCCc1cccc(Cl)c1. The van der Waals surface area contributed by atoms with E-state index in [2.05, 4.69) is 54.4 Å². The van der Waals surface area contributed by atoms with Gasteiger partial charge in [0.1, 0.15) is 0 Å². The Bertz CT molecular complexity index is 488. The predicted molar refractivity (Wildman–Crippen MR) is 106 cm³/mol. The largest absolute Gasteiger partial charge is 0.357 e. The van der Waals surface area contributed by atoms with Gasteiger partial charge in [0.25, 0.3) is 0 Å². The van der Waals surface area contributed by atoms with E-state index in [1.165, 1.54) is 12.0 Å². The van der Waals surface area contributed by atoms with Gasteiger partial charge in [-0.2, -0.15) is 0 Å². The molecule has 0 aliphatic heterocycles. The van der Waals surface area contributed by atoms with Crippen LogP contribution in [0.25, 0.3) is 0 Å². The number of unbranched alkanes of at least 4 members (excludes halogenated alkanes) is 1. The van der Waals surface area contributed by atoms with Gasteiger partial charge in [-0.05, 0) is 71.3 Å². The van der Waals surface area contributed by atoms with Crippen molar-refractivity contribution < 1.29 is 0 Å². The Kier molecular flexibility index (Phi) is 10.5. The second-order valence-corrected chi connectivity index (χ2v) is 6.79. The van der Waals surface area contributed by atoms with Crippen LogP contribution in [0.2, 0.25) is 5.02 Å². The molecule has 0 saturated heterocycles. The summed E-state index contributed by atoms with van der Waals surface area (Å²) in [7, 11) is 2.18. The van der Waals surface area contributed by atoms with E-state index in [0.717, 1.165) is 50.0 Å². The second kappa shape index (κ2) is 12.2. The quantitative estimate of drug-likeness (QED) is 0.384. The highest BCUT2D eigenvalue weighted by atomic mass is 35.5. The molecule has 1 aromatic rings. The minimum atomic E-state index is 0.610. The molecule has 0 saturated carbocycles. The Labute approximate surface area is 152 Å². The summed E-state index contributed by atoms with van der Waals surface area (Å²) in [6.45, 7) is 10.3. The van der Waals surface area contributed by atoms with Crippen molar-refractivity contribution in [3.05, 3.63) is 34.9 Å². The molecule has 1 rings (SSSR count). The first-order valence-corrected chi connectivity index (χ1v) is 9.37. The second-order valence-electron chi connectivity index (χ2n) is 6.35. The molecule has 0 amide bonds. The summed E-state index contributed by atoms with van der Waals surface area (Å²) in [5.41, 5.74) is 1.24. The average Bonchev–Trinajstić information content (AvgIpc) is 2.54. The van der Waals surface area contributed by atoms with Crippen molar-refractivity contribution >= 4 is 17.6 Å². The van der Waals surface area contributed by atoms with Crippen LogP contribution in [0.5, 0.6) is 0 Å². The minimum Gasteiger partial charge on any atom is -0.357 e. The first-order chi connectivity index (χ1) is 11.5. The molecule has 1 aromatic carbocycles. The van der Waals surface area contributed by atoms with E-state index in [4.69, 9.17) is 11.6 Å². The molecule has 0 atom stereocenters. The Morgan fingerprint density at radius 3 is 2.71 bits per heavy atom. The van der Waals surface area contributed by atoms with Crippen LogP contribution in [0.3, 0.4) is 0 Å². The van der Waals surface area contributed by atoms with Crippen LogP contribution in [-0.4, -0.2) is 50.1 Å². The molecule has 136 valence electrons. The van der Waals surface area contributed by atoms with E-state index in [1.807, 2.05) is 18.2 Å². The van der Waals surface area contributed by atoms with Crippen LogP contribution >= 0.6 is 11.6 Å². The van der Waals surface area contributed by atoms with Gasteiger partial charge in [0.15, 0.2) is 5.96 Å². The van der Waals surface area contributed by atoms with E-state index in [0.29, 0.717) is 6.04 Å². The van der Waals surface area contributed by atoms with Crippen molar-refractivity contribution in [1.82, 2.24) is 15.5 Å². The average molecular weight is 353 g/mol. The highest BCUT2D eigenvalue weighted by Crippen LogP contribution is 2.10. The Morgan fingerprint density at radius 1 is 1.25 bits per heavy atom. The summed E-state index contributed by atoms with van der Waals surface area (Å²) >= 11 is 6.02. The highest BCUT2D eigenvalue weighted by molar-refractivity contribution is 6.30. The number of hydrogen-bond donors (Lipinski definition) is 2. The van der Waals surface area contributed by atoms with Crippen LogP contribution in [0.15, 0.2) is 29.3 Å².